The molecule has 2 aromatic rings. The van der Waals surface area contributed by atoms with Gasteiger partial charge in [0.1, 0.15) is 5.75 Å². The summed E-state index contributed by atoms with van der Waals surface area (Å²) in [5, 5.41) is 0.463. The predicted octanol–water partition coefficient (Wildman–Crippen LogP) is 2.65. The summed E-state index contributed by atoms with van der Waals surface area (Å²) >= 11 is 5.91. The van der Waals surface area contributed by atoms with Gasteiger partial charge in [0.05, 0.1) is 13.5 Å². The van der Waals surface area contributed by atoms with E-state index in [9.17, 15) is 14.0 Å². The van der Waals surface area contributed by atoms with E-state index in [0.717, 1.165) is 0 Å². The van der Waals surface area contributed by atoms with Crippen molar-refractivity contribution in [3.05, 3.63) is 58.9 Å². The van der Waals surface area contributed by atoms with Crippen LogP contribution in [0.25, 0.3) is 0 Å². The second kappa shape index (κ2) is 9.05. The lowest BCUT2D eigenvalue weighted by Crippen LogP contribution is -2.47. The number of carbonyl (C=O) groups is 2. The molecule has 138 valence electrons. The fourth-order valence-electron chi connectivity index (χ4n) is 2.12. The van der Waals surface area contributed by atoms with Gasteiger partial charge in [-0.25, -0.2) is 4.39 Å². The molecule has 0 saturated carbocycles. The van der Waals surface area contributed by atoms with Crippen molar-refractivity contribution >= 4 is 23.4 Å². The zero-order valence-electron chi connectivity index (χ0n) is 14.2. The van der Waals surface area contributed by atoms with Crippen molar-refractivity contribution in [1.29, 1.82) is 0 Å². The molecule has 0 spiro atoms. The van der Waals surface area contributed by atoms with Crippen LogP contribution >= 0.6 is 11.6 Å². The van der Waals surface area contributed by atoms with Crippen molar-refractivity contribution in [2.45, 2.75) is 19.4 Å². The fraction of sp³-hybridized carbons (Fsp3) is 0.222. The van der Waals surface area contributed by atoms with Crippen LogP contribution in [0.1, 0.15) is 12.5 Å². The first-order chi connectivity index (χ1) is 12.4. The number of para-hydroxylation sites is 1. The second-order valence-electron chi connectivity index (χ2n) is 5.36. The number of hydrogen-bond donors (Lipinski definition) is 2. The third kappa shape index (κ3) is 5.35. The molecule has 0 radical (unpaired) electrons. The van der Waals surface area contributed by atoms with Gasteiger partial charge < -0.3 is 9.47 Å². The van der Waals surface area contributed by atoms with Crippen molar-refractivity contribution < 1.29 is 23.5 Å². The molecular weight excluding hydrogens is 363 g/mol. The van der Waals surface area contributed by atoms with Gasteiger partial charge in [-0.1, -0.05) is 23.7 Å². The van der Waals surface area contributed by atoms with E-state index in [4.69, 9.17) is 21.1 Å². The van der Waals surface area contributed by atoms with Gasteiger partial charge >= 0.3 is 0 Å². The summed E-state index contributed by atoms with van der Waals surface area (Å²) < 4.78 is 23.9. The van der Waals surface area contributed by atoms with Crippen LogP contribution in [0.5, 0.6) is 11.5 Å². The molecule has 1 atom stereocenters. The minimum atomic E-state index is -1.01. The number of benzene rings is 2. The number of rotatable bonds is 6. The Labute approximate surface area is 155 Å². The fourth-order valence-corrected chi connectivity index (χ4v) is 2.31. The number of carbonyl (C=O) groups excluding carboxylic acids is 2. The van der Waals surface area contributed by atoms with Gasteiger partial charge in [0.2, 0.25) is 5.91 Å². The standard InChI is InChI=1S/C18H18ClFN2O4/c1-11(26-16-6-4-3-5-14(16)20)18(24)22-21-17(23)10-12-9-13(19)7-8-15(12)25-2/h3-9,11H,10H2,1-2H3,(H,21,23)(H,22,24)/t11-/m1/s1. The van der Waals surface area contributed by atoms with Gasteiger partial charge in [-0.3, -0.25) is 20.4 Å². The number of hydrazine groups is 1. The minimum Gasteiger partial charge on any atom is -0.496 e. The molecule has 0 aliphatic rings. The molecule has 26 heavy (non-hydrogen) atoms. The van der Waals surface area contributed by atoms with Crippen LogP contribution in [0.3, 0.4) is 0 Å². The topological polar surface area (TPSA) is 76.7 Å². The number of nitrogens with one attached hydrogen (secondary N) is 2. The van der Waals surface area contributed by atoms with Crippen LogP contribution in [0, 0.1) is 5.82 Å². The molecule has 0 aliphatic heterocycles. The monoisotopic (exact) mass is 380 g/mol. The van der Waals surface area contributed by atoms with E-state index in [1.54, 1.807) is 24.3 Å². The first kappa shape index (κ1) is 19.5. The number of ether oxygens (including phenoxy) is 2. The van der Waals surface area contributed by atoms with Crippen molar-refractivity contribution in [2.75, 3.05) is 7.11 Å². The highest BCUT2D eigenvalue weighted by atomic mass is 35.5. The van der Waals surface area contributed by atoms with Crippen LogP contribution in [0.15, 0.2) is 42.5 Å². The van der Waals surface area contributed by atoms with Crippen LogP contribution in [-0.4, -0.2) is 25.0 Å². The van der Waals surface area contributed by atoms with Gasteiger partial charge in [0.15, 0.2) is 17.7 Å². The Balaban J connectivity index is 1.88. The highest BCUT2D eigenvalue weighted by Gasteiger charge is 2.17. The molecule has 2 rings (SSSR count). The van der Waals surface area contributed by atoms with Gasteiger partial charge in [0.25, 0.3) is 5.91 Å². The third-order valence-electron chi connectivity index (χ3n) is 3.43. The Kier molecular flexibility index (Phi) is 6.80. The van der Waals surface area contributed by atoms with Gasteiger partial charge in [-0.2, -0.15) is 0 Å². The summed E-state index contributed by atoms with van der Waals surface area (Å²) in [7, 11) is 1.48. The summed E-state index contributed by atoms with van der Waals surface area (Å²) in [4.78, 5) is 24.0. The molecule has 2 aromatic carbocycles. The van der Waals surface area contributed by atoms with E-state index in [1.165, 1.54) is 32.2 Å². The number of methoxy groups -OCH3 is 1. The first-order valence-corrected chi connectivity index (χ1v) is 8.10. The van der Waals surface area contributed by atoms with Crippen LogP contribution in [0.2, 0.25) is 5.02 Å². The highest BCUT2D eigenvalue weighted by molar-refractivity contribution is 6.30. The Morgan fingerprint density at radius 3 is 2.58 bits per heavy atom. The summed E-state index contributed by atoms with van der Waals surface area (Å²) in [6.45, 7) is 1.44. The molecule has 0 aliphatic carbocycles. The largest absolute Gasteiger partial charge is 0.496 e. The molecule has 8 heteroatoms. The van der Waals surface area contributed by atoms with E-state index < -0.39 is 23.7 Å². The van der Waals surface area contributed by atoms with Crippen molar-refractivity contribution in [2.24, 2.45) is 0 Å². The van der Waals surface area contributed by atoms with Gasteiger partial charge in [-0.15, -0.1) is 0 Å². The smallest absolute Gasteiger partial charge is 0.279 e. The normalized spacial score (nSPS) is 11.4. The first-order valence-electron chi connectivity index (χ1n) is 7.73. The predicted molar refractivity (Wildman–Crippen MR) is 94.5 cm³/mol. The van der Waals surface area contributed by atoms with Crippen LogP contribution in [-0.2, 0) is 16.0 Å². The summed E-state index contributed by atoms with van der Waals surface area (Å²) in [5.41, 5.74) is 5.08. The molecule has 0 bridgehead atoms. The van der Waals surface area contributed by atoms with Crippen molar-refractivity contribution in [1.82, 2.24) is 10.9 Å². The molecule has 6 nitrogen and oxygen atoms in total. The zero-order chi connectivity index (χ0) is 19.1. The van der Waals surface area contributed by atoms with Crippen molar-refractivity contribution in [3.63, 3.8) is 0 Å². The third-order valence-corrected chi connectivity index (χ3v) is 3.66. The Morgan fingerprint density at radius 1 is 1.15 bits per heavy atom. The molecule has 0 fully saturated rings. The Hall–Kier alpha value is -2.80. The SMILES string of the molecule is COc1ccc(Cl)cc1CC(=O)NNC(=O)[C@@H](C)Oc1ccccc1F. The summed E-state index contributed by atoms with van der Waals surface area (Å²) in [5.74, 6) is -1.22. The van der Waals surface area contributed by atoms with Crippen molar-refractivity contribution in [3.8, 4) is 11.5 Å². The molecule has 2 N–H and O–H groups in total. The number of halogens is 2. The van der Waals surface area contributed by atoms with E-state index >= 15 is 0 Å². The average molecular weight is 381 g/mol. The lowest BCUT2D eigenvalue weighted by atomic mass is 10.1. The highest BCUT2D eigenvalue weighted by Crippen LogP contribution is 2.23. The van der Waals surface area contributed by atoms with Crippen LogP contribution in [0.4, 0.5) is 4.39 Å². The van der Waals surface area contributed by atoms with E-state index in [2.05, 4.69) is 10.9 Å². The second-order valence-corrected chi connectivity index (χ2v) is 5.80. The average Bonchev–Trinajstić information content (AvgIpc) is 2.61. The molecular formula is C18H18ClFN2O4. The lowest BCUT2D eigenvalue weighted by Gasteiger charge is -2.15. The molecule has 0 unspecified atom stereocenters. The molecule has 0 saturated heterocycles. The van der Waals surface area contributed by atoms with E-state index in [-0.39, 0.29) is 12.2 Å². The van der Waals surface area contributed by atoms with E-state index in [1.807, 2.05) is 0 Å². The number of amides is 2. The van der Waals surface area contributed by atoms with E-state index in [0.29, 0.717) is 16.3 Å². The quantitative estimate of drug-likeness (QED) is 0.755. The maximum atomic E-state index is 13.5. The summed E-state index contributed by atoms with van der Waals surface area (Å²) in [6, 6.07) is 10.6. The van der Waals surface area contributed by atoms with Gasteiger partial charge in [-0.05, 0) is 37.3 Å². The Morgan fingerprint density at radius 2 is 1.88 bits per heavy atom. The lowest BCUT2D eigenvalue weighted by molar-refractivity contribution is -0.132. The summed E-state index contributed by atoms with van der Waals surface area (Å²) in [6.07, 6.45) is -1.06. The Bertz CT molecular complexity index is 801. The molecule has 0 aromatic heterocycles. The van der Waals surface area contributed by atoms with Crippen LogP contribution < -0.4 is 20.3 Å². The maximum absolute atomic E-state index is 13.5. The van der Waals surface area contributed by atoms with Gasteiger partial charge in [0, 0.05) is 10.6 Å². The minimum absolute atomic E-state index is 0.0490. The molecule has 2 amide bonds. The zero-order valence-corrected chi connectivity index (χ0v) is 15.0. The maximum Gasteiger partial charge on any atom is 0.279 e. The molecule has 0 heterocycles. The number of hydrogen-bond acceptors (Lipinski definition) is 4.